The minimum atomic E-state index is -4.04. The zero-order valence-corrected chi connectivity index (χ0v) is 21.7. The number of rotatable bonds is 11. The third-order valence-corrected chi connectivity index (χ3v) is 7.84. The lowest BCUT2D eigenvalue weighted by atomic mass is 10.1. The molecule has 3 aromatic carbocycles. The minimum Gasteiger partial charge on any atom is -0.357 e. The Morgan fingerprint density at radius 2 is 1.47 bits per heavy atom. The fourth-order valence-electron chi connectivity index (χ4n) is 4.02. The molecule has 0 unspecified atom stereocenters. The molecule has 1 atom stereocenters. The third kappa shape index (κ3) is 6.51. The molecule has 0 radical (unpaired) electrons. The van der Waals surface area contributed by atoms with Crippen molar-refractivity contribution in [2.24, 2.45) is 0 Å². The van der Waals surface area contributed by atoms with Crippen LogP contribution in [0.4, 0.5) is 5.69 Å². The van der Waals surface area contributed by atoms with Crippen LogP contribution in [-0.4, -0.2) is 51.3 Å². The van der Waals surface area contributed by atoms with Gasteiger partial charge in [0, 0.05) is 13.6 Å². The van der Waals surface area contributed by atoms with Crippen molar-refractivity contribution in [2.45, 2.75) is 37.6 Å². The van der Waals surface area contributed by atoms with E-state index in [1.807, 2.05) is 44.2 Å². The summed E-state index contributed by atoms with van der Waals surface area (Å²) in [5, 5.41) is 2.63. The summed E-state index contributed by atoms with van der Waals surface area (Å²) in [5.74, 6) is -0.729. The predicted octanol–water partition coefficient (Wildman–Crippen LogP) is 3.79. The summed E-state index contributed by atoms with van der Waals surface area (Å²) in [4.78, 5) is 28.0. The van der Waals surface area contributed by atoms with E-state index in [9.17, 15) is 18.0 Å². The van der Waals surface area contributed by atoms with E-state index in [1.165, 1.54) is 24.1 Å². The monoisotopic (exact) mass is 507 g/mol. The van der Waals surface area contributed by atoms with E-state index in [1.54, 1.807) is 42.5 Å². The first kappa shape index (κ1) is 26.9. The number of benzene rings is 3. The number of sulfonamides is 1. The van der Waals surface area contributed by atoms with Gasteiger partial charge in [-0.3, -0.25) is 13.9 Å². The van der Waals surface area contributed by atoms with Crippen LogP contribution >= 0.6 is 0 Å². The number of anilines is 1. The molecule has 0 bridgehead atoms. The number of carbonyl (C=O) groups excluding carboxylic acids is 2. The van der Waals surface area contributed by atoms with Gasteiger partial charge in [0.15, 0.2) is 0 Å². The molecule has 1 N–H and O–H groups in total. The van der Waals surface area contributed by atoms with Crippen LogP contribution in [0.15, 0.2) is 89.8 Å². The second-order valence-electron chi connectivity index (χ2n) is 8.52. The maximum Gasteiger partial charge on any atom is 0.264 e. The molecule has 3 aromatic rings. The average molecular weight is 508 g/mol. The van der Waals surface area contributed by atoms with E-state index in [0.29, 0.717) is 18.5 Å². The van der Waals surface area contributed by atoms with Gasteiger partial charge in [-0.05, 0) is 49.6 Å². The number of nitrogens with zero attached hydrogens (tertiary/aromatic N) is 2. The van der Waals surface area contributed by atoms with Gasteiger partial charge in [0.2, 0.25) is 11.8 Å². The highest BCUT2D eigenvalue weighted by atomic mass is 32.2. The van der Waals surface area contributed by atoms with Crippen molar-refractivity contribution >= 4 is 27.5 Å². The minimum absolute atomic E-state index is 0.0962. The average Bonchev–Trinajstić information content (AvgIpc) is 2.90. The number of para-hydroxylation sites is 1. The van der Waals surface area contributed by atoms with Gasteiger partial charge in [0.05, 0.1) is 10.6 Å². The summed E-state index contributed by atoms with van der Waals surface area (Å²) in [6.45, 7) is 3.56. The first-order valence-electron chi connectivity index (χ1n) is 12.0. The number of hydrogen-bond acceptors (Lipinski definition) is 4. The van der Waals surface area contributed by atoms with Gasteiger partial charge in [-0.2, -0.15) is 0 Å². The van der Waals surface area contributed by atoms with E-state index in [-0.39, 0.29) is 17.3 Å². The van der Waals surface area contributed by atoms with Crippen LogP contribution in [0.25, 0.3) is 0 Å². The Labute approximate surface area is 213 Å². The highest BCUT2D eigenvalue weighted by Crippen LogP contribution is 2.24. The highest BCUT2D eigenvalue weighted by Gasteiger charge is 2.33. The normalized spacial score (nSPS) is 12.0. The Bertz CT molecular complexity index is 1250. The maximum absolute atomic E-state index is 13.7. The first-order valence-corrected chi connectivity index (χ1v) is 13.4. The van der Waals surface area contributed by atoms with Gasteiger partial charge in [-0.25, -0.2) is 8.42 Å². The molecule has 0 aliphatic carbocycles. The van der Waals surface area contributed by atoms with Gasteiger partial charge in [0.1, 0.15) is 12.6 Å². The number of likely N-dealkylation sites (N-methyl/N-ethyl adjacent to an activating group) is 1. The maximum atomic E-state index is 13.7. The van der Waals surface area contributed by atoms with Crippen LogP contribution in [0.2, 0.25) is 0 Å². The molecule has 0 aliphatic rings. The summed E-state index contributed by atoms with van der Waals surface area (Å²) >= 11 is 0. The van der Waals surface area contributed by atoms with Crippen LogP contribution in [0.5, 0.6) is 0 Å². The van der Waals surface area contributed by atoms with Crippen LogP contribution in [-0.2, 0) is 26.0 Å². The fourth-order valence-corrected chi connectivity index (χ4v) is 5.44. The van der Waals surface area contributed by atoms with E-state index in [2.05, 4.69) is 5.32 Å². The lowest BCUT2D eigenvalue weighted by Crippen LogP contribution is -2.52. The van der Waals surface area contributed by atoms with Crippen molar-refractivity contribution in [2.75, 3.05) is 24.4 Å². The molecule has 0 heterocycles. The zero-order valence-electron chi connectivity index (χ0n) is 20.9. The molecule has 0 aromatic heterocycles. The molecule has 3 rings (SSSR count). The number of nitrogens with one attached hydrogen (secondary N) is 1. The Morgan fingerprint density at radius 1 is 0.889 bits per heavy atom. The molecule has 0 fully saturated rings. The Balaban J connectivity index is 1.97. The SMILES string of the molecule is CC[C@@H](C(=O)NC)N(CCc1ccccc1)C(=O)CN(c1ccccc1)S(=O)(=O)c1ccc(C)cc1. The highest BCUT2D eigenvalue weighted by molar-refractivity contribution is 7.92. The van der Waals surface area contributed by atoms with E-state index < -0.39 is 28.5 Å². The van der Waals surface area contributed by atoms with Crippen molar-refractivity contribution < 1.29 is 18.0 Å². The van der Waals surface area contributed by atoms with Crippen molar-refractivity contribution in [3.05, 3.63) is 96.1 Å². The van der Waals surface area contributed by atoms with Crippen molar-refractivity contribution in [1.29, 1.82) is 0 Å². The van der Waals surface area contributed by atoms with Crippen LogP contribution in [0.3, 0.4) is 0 Å². The number of hydrogen-bond donors (Lipinski definition) is 1. The number of amides is 2. The summed E-state index contributed by atoms with van der Waals surface area (Å²) in [6, 6.07) is 24.0. The molecule has 190 valence electrons. The second kappa shape index (κ2) is 12.4. The molecule has 0 saturated heterocycles. The third-order valence-electron chi connectivity index (χ3n) is 6.05. The molecule has 7 nitrogen and oxygen atoms in total. The van der Waals surface area contributed by atoms with E-state index >= 15 is 0 Å². The Morgan fingerprint density at radius 3 is 2.03 bits per heavy atom. The largest absolute Gasteiger partial charge is 0.357 e. The van der Waals surface area contributed by atoms with E-state index in [4.69, 9.17) is 0 Å². The predicted molar refractivity (Wildman–Crippen MR) is 142 cm³/mol. The van der Waals surface area contributed by atoms with Gasteiger partial charge < -0.3 is 10.2 Å². The van der Waals surface area contributed by atoms with Gasteiger partial charge in [-0.1, -0.05) is 73.2 Å². The standard InChI is InChI=1S/C28H33N3O4S/c1-4-26(28(33)29-3)30(20-19-23-11-7-5-8-12-23)27(32)21-31(24-13-9-6-10-14-24)36(34,35)25-17-15-22(2)16-18-25/h5-18,26H,4,19-21H2,1-3H3,(H,29,33)/t26-/m0/s1. The smallest absolute Gasteiger partial charge is 0.264 e. The van der Waals surface area contributed by atoms with E-state index in [0.717, 1.165) is 15.4 Å². The summed E-state index contributed by atoms with van der Waals surface area (Å²) in [5.41, 5.74) is 2.33. The van der Waals surface area contributed by atoms with Crippen LogP contribution in [0, 0.1) is 6.92 Å². The van der Waals surface area contributed by atoms with Crippen molar-refractivity contribution in [3.63, 3.8) is 0 Å². The molecule has 36 heavy (non-hydrogen) atoms. The quantitative estimate of drug-likeness (QED) is 0.428. The van der Waals surface area contributed by atoms with Crippen LogP contribution in [0.1, 0.15) is 24.5 Å². The zero-order chi connectivity index (χ0) is 26.1. The van der Waals surface area contributed by atoms with Crippen molar-refractivity contribution in [3.8, 4) is 0 Å². The lowest BCUT2D eigenvalue weighted by molar-refractivity contribution is -0.139. The molecule has 0 saturated carbocycles. The Kier molecular flexibility index (Phi) is 9.25. The molecular weight excluding hydrogens is 474 g/mol. The lowest BCUT2D eigenvalue weighted by Gasteiger charge is -2.33. The molecule has 2 amide bonds. The fraction of sp³-hybridized carbons (Fsp3) is 0.286. The van der Waals surface area contributed by atoms with Crippen molar-refractivity contribution in [1.82, 2.24) is 10.2 Å². The number of carbonyl (C=O) groups is 2. The topological polar surface area (TPSA) is 86.8 Å². The molecule has 8 heteroatoms. The molecule has 0 spiro atoms. The van der Waals surface area contributed by atoms with Gasteiger partial charge >= 0.3 is 0 Å². The summed E-state index contributed by atoms with van der Waals surface area (Å²) in [7, 11) is -2.51. The molecular formula is C28H33N3O4S. The van der Waals surface area contributed by atoms with Crippen LogP contribution < -0.4 is 9.62 Å². The first-order chi connectivity index (χ1) is 17.3. The summed E-state index contributed by atoms with van der Waals surface area (Å²) < 4.78 is 28.5. The van der Waals surface area contributed by atoms with Gasteiger partial charge in [0.25, 0.3) is 10.0 Å². The molecule has 0 aliphatic heterocycles. The number of aryl methyl sites for hydroxylation is 1. The summed E-state index contributed by atoms with van der Waals surface area (Å²) in [6.07, 6.45) is 0.937. The second-order valence-corrected chi connectivity index (χ2v) is 10.4. The van der Waals surface area contributed by atoms with Gasteiger partial charge in [-0.15, -0.1) is 0 Å². The Hall–Kier alpha value is -3.65.